The van der Waals surface area contributed by atoms with Crippen LogP contribution in [0.15, 0.2) is 6.20 Å². The van der Waals surface area contributed by atoms with Gasteiger partial charge >= 0.3 is 0 Å². The normalized spacial score (nSPS) is 20.6. The van der Waals surface area contributed by atoms with Crippen LogP contribution < -0.4 is 0 Å². The molecule has 1 amide bonds. The highest BCUT2D eigenvalue weighted by atomic mass is 16.2. The first-order chi connectivity index (χ1) is 13.1. The summed E-state index contributed by atoms with van der Waals surface area (Å²) in [5.74, 6) is 0.782. The van der Waals surface area contributed by atoms with Gasteiger partial charge in [-0.1, -0.05) is 6.92 Å². The first kappa shape index (κ1) is 18.1. The number of aromatic nitrogens is 4. The summed E-state index contributed by atoms with van der Waals surface area (Å²) in [5.41, 5.74) is 4.87. The molecule has 4 heterocycles. The molecule has 2 aliphatic rings. The van der Waals surface area contributed by atoms with Crippen LogP contribution in [0.4, 0.5) is 0 Å². The molecule has 0 radical (unpaired) electrons. The zero-order valence-electron chi connectivity index (χ0n) is 16.5. The van der Waals surface area contributed by atoms with Gasteiger partial charge < -0.3 is 9.80 Å². The molecular formula is C20H28N6O. The van der Waals surface area contributed by atoms with E-state index in [0.717, 1.165) is 74.5 Å². The third kappa shape index (κ3) is 3.36. The van der Waals surface area contributed by atoms with Crippen LogP contribution >= 0.6 is 0 Å². The predicted molar refractivity (Wildman–Crippen MR) is 102 cm³/mol. The molecule has 0 saturated carbocycles. The minimum Gasteiger partial charge on any atom is -0.327 e. The van der Waals surface area contributed by atoms with E-state index >= 15 is 0 Å². The molecule has 4 rings (SSSR count). The highest BCUT2D eigenvalue weighted by Crippen LogP contribution is 2.31. The van der Waals surface area contributed by atoms with Gasteiger partial charge in [-0.15, -0.1) is 0 Å². The molecule has 144 valence electrons. The van der Waals surface area contributed by atoms with E-state index < -0.39 is 0 Å². The minimum atomic E-state index is -0.0580. The minimum absolute atomic E-state index is 0.00537. The summed E-state index contributed by atoms with van der Waals surface area (Å²) in [6.07, 6.45) is 6.77. The number of amides is 1. The molecule has 27 heavy (non-hydrogen) atoms. The zero-order chi connectivity index (χ0) is 19.0. The summed E-state index contributed by atoms with van der Waals surface area (Å²) < 4.78 is 0. The summed E-state index contributed by atoms with van der Waals surface area (Å²) in [5, 5.41) is 7.32. The summed E-state index contributed by atoms with van der Waals surface area (Å²) in [7, 11) is 2.12. The second kappa shape index (κ2) is 7.38. The number of fused-ring (bicyclic) bond motifs is 1. The van der Waals surface area contributed by atoms with Crippen molar-refractivity contribution in [2.24, 2.45) is 0 Å². The van der Waals surface area contributed by atoms with Crippen molar-refractivity contribution in [3.8, 4) is 0 Å². The molecular weight excluding hydrogens is 340 g/mol. The summed E-state index contributed by atoms with van der Waals surface area (Å²) >= 11 is 0. The molecule has 7 heteroatoms. The average molecular weight is 368 g/mol. The highest BCUT2D eigenvalue weighted by Gasteiger charge is 2.33. The third-order valence-corrected chi connectivity index (χ3v) is 5.87. The Morgan fingerprint density at radius 3 is 2.96 bits per heavy atom. The van der Waals surface area contributed by atoms with Gasteiger partial charge in [0.25, 0.3) is 5.91 Å². The van der Waals surface area contributed by atoms with Crippen LogP contribution in [0.3, 0.4) is 0 Å². The van der Waals surface area contributed by atoms with Crippen molar-refractivity contribution in [1.82, 2.24) is 30.0 Å². The third-order valence-electron chi connectivity index (χ3n) is 5.87. The molecule has 2 aromatic heterocycles. The van der Waals surface area contributed by atoms with E-state index in [1.807, 2.05) is 18.0 Å². The van der Waals surface area contributed by atoms with Crippen molar-refractivity contribution in [2.45, 2.75) is 58.5 Å². The van der Waals surface area contributed by atoms with E-state index in [1.54, 1.807) is 0 Å². The fourth-order valence-corrected chi connectivity index (χ4v) is 4.20. The number of hydrogen-bond donors (Lipinski definition) is 1. The Morgan fingerprint density at radius 2 is 2.19 bits per heavy atom. The summed E-state index contributed by atoms with van der Waals surface area (Å²) in [6.45, 7) is 6.69. The lowest BCUT2D eigenvalue weighted by Crippen LogP contribution is -2.40. The van der Waals surface area contributed by atoms with Crippen molar-refractivity contribution >= 4 is 5.91 Å². The number of carbonyl (C=O) groups is 1. The molecule has 0 unspecified atom stereocenters. The first-order valence-corrected chi connectivity index (χ1v) is 9.96. The van der Waals surface area contributed by atoms with E-state index in [1.165, 1.54) is 5.56 Å². The number of carbonyl (C=O) groups excluding carboxylic acids is 1. The van der Waals surface area contributed by atoms with Gasteiger partial charge in [0.2, 0.25) is 0 Å². The van der Waals surface area contributed by atoms with Crippen LogP contribution in [0.5, 0.6) is 0 Å². The van der Waals surface area contributed by atoms with E-state index in [0.29, 0.717) is 5.69 Å². The first-order valence-electron chi connectivity index (χ1n) is 9.96. The maximum atomic E-state index is 13.2. The van der Waals surface area contributed by atoms with Gasteiger partial charge in [0, 0.05) is 54.8 Å². The van der Waals surface area contributed by atoms with E-state index in [4.69, 9.17) is 4.98 Å². The number of hydrogen-bond acceptors (Lipinski definition) is 5. The Balaban J connectivity index is 1.63. The highest BCUT2D eigenvalue weighted by molar-refractivity contribution is 5.94. The quantitative estimate of drug-likeness (QED) is 0.900. The van der Waals surface area contributed by atoms with Crippen molar-refractivity contribution in [3.05, 3.63) is 40.2 Å². The lowest BCUT2D eigenvalue weighted by molar-refractivity contribution is 0.0592. The fourth-order valence-electron chi connectivity index (χ4n) is 4.20. The Hall–Kier alpha value is -2.28. The van der Waals surface area contributed by atoms with E-state index in [9.17, 15) is 4.79 Å². The van der Waals surface area contributed by atoms with Gasteiger partial charge in [-0.05, 0) is 39.7 Å². The Morgan fingerprint density at radius 1 is 1.33 bits per heavy atom. The van der Waals surface area contributed by atoms with Crippen molar-refractivity contribution < 1.29 is 4.79 Å². The molecule has 1 atom stereocenters. The van der Waals surface area contributed by atoms with Gasteiger partial charge in [0.15, 0.2) is 11.5 Å². The number of nitrogens with one attached hydrogen (secondary N) is 1. The number of piperidine rings is 1. The second-order valence-electron chi connectivity index (χ2n) is 7.73. The SMILES string of the molecule is CCc1[nH]nc(C(=O)N2CCCC[C@H]2c2ncc3c(n2)CCN(C)C3)c1C. The molecule has 1 saturated heterocycles. The molecule has 0 aliphatic carbocycles. The predicted octanol–water partition coefficient (Wildman–Crippen LogP) is 2.43. The number of rotatable bonds is 3. The van der Waals surface area contributed by atoms with Crippen LogP contribution in [0.25, 0.3) is 0 Å². The van der Waals surface area contributed by atoms with E-state index in [-0.39, 0.29) is 11.9 Å². The van der Waals surface area contributed by atoms with Crippen LogP contribution in [0.1, 0.15) is 71.1 Å². The standard InChI is InChI=1S/C20H28N6O/c1-4-15-13(2)18(24-23-15)20(27)26-9-6-5-7-17(26)19-21-11-14-12-25(3)10-8-16(14)22-19/h11,17H,4-10,12H2,1-3H3,(H,23,24)/t17-/m0/s1. The summed E-state index contributed by atoms with van der Waals surface area (Å²) in [6, 6.07) is -0.0580. The van der Waals surface area contributed by atoms with Gasteiger partial charge in [-0.3, -0.25) is 9.89 Å². The van der Waals surface area contributed by atoms with Crippen LogP contribution in [0.2, 0.25) is 0 Å². The monoisotopic (exact) mass is 368 g/mol. The molecule has 0 bridgehead atoms. The number of aromatic amines is 1. The van der Waals surface area contributed by atoms with Crippen LogP contribution in [-0.4, -0.2) is 56.0 Å². The van der Waals surface area contributed by atoms with Crippen molar-refractivity contribution in [1.29, 1.82) is 0 Å². The van der Waals surface area contributed by atoms with Crippen LogP contribution in [-0.2, 0) is 19.4 Å². The Labute approximate surface area is 160 Å². The number of likely N-dealkylation sites (N-methyl/N-ethyl adjacent to an activating group) is 1. The molecule has 7 nitrogen and oxygen atoms in total. The van der Waals surface area contributed by atoms with Crippen molar-refractivity contribution in [2.75, 3.05) is 20.1 Å². The van der Waals surface area contributed by atoms with Gasteiger partial charge in [-0.2, -0.15) is 5.10 Å². The molecule has 2 aromatic rings. The molecule has 0 aromatic carbocycles. The summed E-state index contributed by atoms with van der Waals surface area (Å²) in [4.78, 5) is 27.0. The topological polar surface area (TPSA) is 78.0 Å². The Kier molecular flexibility index (Phi) is 4.95. The largest absolute Gasteiger partial charge is 0.327 e. The number of aryl methyl sites for hydroxylation is 1. The van der Waals surface area contributed by atoms with Gasteiger partial charge in [0.1, 0.15) is 0 Å². The second-order valence-corrected chi connectivity index (χ2v) is 7.73. The lowest BCUT2D eigenvalue weighted by atomic mass is 9.99. The maximum absolute atomic E-state index is 13.2. The smallest absolute Gasteiger partial charge is 0.275 e. The number of likely N-dealkylation sites (tertiary alicyclic amines) is 1. The maximum Gasteiger partial charge on any atom is 0.275 e. The van der Waals surface area contributed by atoms with Crippen LogP contribution in [0, 0.1) is 6.92 Å². The Bertz CT molecular complexity index is 845. The molecule has 2 aliphatic heterocycles. The fraction of sp³-hybridized carbons (Fsp3) is 0.600. The molecule has 1 fully saturated rings. The number of nitrogens with zero attached hydrogens (tertiary/aromatic N) is 5. The molecule has 0 spiro atoms. The molecule has 1 N–H and O–H groups in total. The van der Waals surface area contributed by atoms with Gasteiger partial charge in [0.05, 0.1) is 6.04 Å². The van der Waals surface area contributed by atoms with Gasteiger partial charge in [-0.25, -0.2) is 9.97 Å². The van der Waals surface area contributed by atoms with E-state index in [2.05, 4.69) is 34.1 Å². The average Bonchev–Trinajstić information content (AvgIpc) is 3.07. The number of H-pyrrole nitrogens is 1. The van der Waals surface area contributed by atoms with Crippen molar-refractivity contribution in [3.63, 3.8) is 0 Å². The zero-order valence-corrected chi connectivity index (χ0v) is 16.5. The lowest BCUT2D eigenvalue weighted by Gasteiger charge is -2.35.